The van der Waals surface area contributed by atoms with Gasteiger partial charge >= 0.3 is 0 Å². The van der Waals surface area contributed by atoms with Crippen molar-refractivity contribution in [3.8, 4) is 0 Å². The van der Waals surface area contributed by atoms with Gasteiger partial charge in [0, 0.05) is 13.1 Å². The lowest BCUT2D eigenvalue weighted by atomic mass is 9.89. The van der Waals surface area contributed by atoms with Gasteiger partial charge < -0.3 is 5.32 Å². The lowest BCUT2D eigenvalue weighted by molar-refractivity contribution is 0.0940. The van der Waals surface area contributed by atoms with Crippen LogP contribution >= 0.6 is 11.6 Å². The van der Waals surface area contributed by atoms with Gasteiger partial charge in [0.2, 0.25) is 10.0 Å². The van der Waals surface area contributed by atoms with Gasteiger partial charge in [0.15, 0.2) is 0 Å². The Balaban J connectivity index is 1.53. The molecule has 4 rings (SSSR count). The molecule has 1 saturated heterocycles. The second kappa shape index (κ2) is 9.94. The molecule has 1 N–H and O–H groups in total. The van der Waals surface area contributed by atoms with E-state index in [1.165, 1.54) is 46.5 Å². The highest BCUT2D eigenvalue weighted by molar-refractivity contribution is 7.89. The predicted molar refractivity (Wildman–Crippen MR) is 128 cm³/mol. The van der Waals surface area contributed by atoms with Gasteiger partial charge in [-0.05, 0) is 80.3 Å². The van der Waals surface area contributed by atoms with Crippen LogP contribution in [0, 0.1) is 0 Å². The molecule has 2 aromatic rings. The van der Waals surface area contributed by atoms with Crippen LogP contribution in [-0.2, 0) is 22.9 Å². The number of hydrogen-bond acceptors (Lipinski definition) is 3. The number of amides is 1. The van der Waals surface area contributed by atoms with Gasteiger partial charge in [-0.2, -0.15) is 4.31 Å². The highest BCUT2D eigenvalue weighted by atomic mass is 35.5. The molecule has 1 amide bonds. The Morgan fingerprint density at radius 3 is 2.34 bits per heavy atom. The minimum Gasteiger partial charge on any atom is -0.345 e. The normalized spacial score (nSPS) is 18.4. The third-order valence-corrected chi connectivity index (χ3v) is 8.83. The number of sulfonamides is 1. The molecular weight excluding hydrogens is 444 g/mol. The molecule has 32 heavy (non-hydrogen) atoms. The molecule has 0 spiro atoms. The van der Waals surface area contributed by atoms with Crippen molar-refractivity contribution in [2.75, 3.05) is 13.1 Å². The van der Waals surface area contributed by atoms with Gasteiger partial charge in [-0.1, -0.05) is 42.6 Å². The van der Waals surface area contributed by atoms with Crippen molar-refractivity contribution in [3.05, 3.63) is 63.7 Å². The van der Waals surface area contributed by atoms with Crippen LogP contribution in [0.1, 0.15) is 78.5 Å². The van der Waals surface area contributed by atoms with Crippen LogP contribution in [0.5, 0.6) is 0 Å². The summed E-state index contributed by atoms with van der Waals surface area (Å²) in [6.45, 7) is 2.97. The largest absolute Gasteiger partial charge is 0.345 e. The van der Waals surface area contributed by atoms with E-state index in [4.69, 9.17) is 11.6 Å². The van der Waals surface area contributed by atoms with Crippen LogP contribution in [0.4, 0.5) is 0 Å². The molecule has 0 radical (unpaired) electrons. The van der Waals surface area contributed by atoms with E-state index < -0.39 is 10.0 Å². The maximum atomic E-state index is 13.2. The molecule has 0 bridgehead atoms. The van der Waals surface area contributed by atoms with Crippen LogP contribution in [0.3, 0.4) is 0 Å². The molecule has 2 aromatic carbocycles. The Hall–Kier alpha value is -1.89. The number of rotatable bonds is 5. The van der Waals surface area contributed by atoms with Crippen molar-refractivity contribution in [1.82, 2.24) is 9.62 Å². The smallest absolute Gasteiger partial charge is 0.253 e. The van der Waals surface area contributed by atoms with Crippen molar-refractivity contribution in [2.45, 2.75) is 69.2 Å². The van der Waals surface area contributed by atoms with E-state index in [-0.39, 0.29) is 27.4 Å². The molecule has 0 aromatic heterocycles. The third-order valence-electron chi connectivity index (χ3n) is 6.61. The monoisotopic (exact) mass is 474 g/mol. The highest BCUT2D eigenvalue weighted by Crippen LogP contribution is 2.27. The zero-order valence-corrected chi connectivity index (χ0v) is 20.1. The summed E-state index contributed by atoms with van der Waals surface area (Å²) in [7, 11) is -3.65. The van der Waals surface area contributed by atoms with E-state index in [0.29, 0.717) is 13.1 Å². The molecule has 0 unspecified atom stereocenters. The molecule has 1 aliphatic heterocycles. The summed E-state index contributed by atoms with van der Waals surface area (Å²) in [6, 6.07) is 10.6. The van der Waals surface area contributed by atoms with Gasteiger partial charge in [-0.15, -0.1) is 0 Å². The minimum atomic E-state index is -3.65. The topological polar surface area (TPSA) is 66.5 Å². The lowest BCUT2D eigenvalue weighted by Gasteiger charge is -2.21. The number of carbonyl (C=O) groups is 1. The fourth-order valence-electron chi connectivity index (χ4n) is 4.65. The highest BCUT2D eigenvalue weighted by Gasteiger charge is 2.27. The SMILES string of the molecule is C[C@H](NC(=O)c1cc(S(=O)(=O)N2CCCCCC2)ccc1Cl)c1ccc2c(c1)CCCC2. The number of fused-ring (bicyclic) bond motifs is 1. The van der Waals surface area contributed by atoms with Crippen LogP contribution in [0.25, 0.3) is 0 Å². The first-order valence-electron chi connectivity index (χ1n) is 11.6. The number of nitrogens with zero attached hydrogens (tertiary/aromatic N) is 1. The van der Waals surface area contributed by atoms with Crippen LogP contribution < -0.4 is 5.32 Å². The summed E-state index contributed by atoms with van der Waals surface area (Å²) in [5.74, 6) is -0.367. The van der Waals surface area contributed by atoms with Crippen molar-refractivity contribution < 1.29 is 13.2 Å². The standard InChI is InChI=1S/C25H31ClN2O3S/c1-18(20-11-10-19-8-4-5-9-21(19)16-20)27-25(29)23-17-22(12-13-24(23)26)32(30,31)28-14-6-2-3-7-15-28/h10-13,16-18H,2-9,14-15H2,1H3,(H,27,29)/t18-/m0/s1. The van der Waals surface area contributed by atoms with E-state index in [0.717, 1.165) is 44.1 Å². The molecular formula is C25H31ClN2O3S. The third kappa shape index (κ3) is 5.03. The Bertz CT molecular complexity index is 1090. The number of hydrogen-bond donors (Lipinski definition) is 1. The number of benzene rings is 2. The first kappa shape index (κ1) is 23.3. The van der Waals surface area contributed by atoms with Crippen molar-refractivity contribution in [1.29, 1.82) is 0 Å². The number of halogens is 1. The summed E-state index contributed by atoms with van der Waals surface area (Å²) < 4.78 is 27.8. The van der Waals surface area contributed by atoms with Crippen LogP contribution in [0.15, 0.2) is 41.3 Å². The molecule has 0 saturated carbocycles. The van der Waals surface area contributed by atoms with E-state index >= 15 is 0 Å². The average Bonchev–Trinajstić information content (AvgIpc) is 3.09. The summed E-state index contributed by atoms with van der Waals surface area (Å²) >= 11 is 6.31. The fourth-order valence-corrected chi connectivity index (χ4v) is 6.40. The molecule has 5 nitrogen and oxygen atoms in total. The predicted octanol–water partition coefficient (Wildman–Crippen LogP) is 5.27. The maximum absolute atomic E-state index is 13.2. The Kier molecular flexibility index (Phi) is 7.23. The van der Waals surface area contributed by atoms with Crippen molar-refractivity contribution in [3.63, 3.8) is 0 Å². The molecule has 2 aliphatic rings. The summed E-state index contributed by atoms with van der Waals surface area (Å²) in [4.78, 5) is 13.2. The van der Waals surface area contributed by atoms with Gasteiger partial charge in [0.1, 0.15) is 0 Å². The van der Waals surface area contributed by atoms with E-state index in [2.05, 4.69) is 23.5 Å². The first-order chi connectivity index (χ1) is 15.4. The van der Waals surface area contributed by atoms with Crippen molar-refractivity contribution >= 4 is 27.5 Å². The van der Waals surface area contributed by atoms with Gasteiger partial charge in [0.25, 0.3) is 5.91 Å². The lowest BCUT2D eigenvalue weighted by Crippen LogP contribution is -2.32. The number of carbonyl (C=O) groups excluding carboxylic acids is 1. The Morgan fingerprint density at radius 2 is 1.62 bits per heavy atom. The Labute approximate surface area is 196 Å². The zero-order valence-electron chi connectivity index (χ0n) is 18.6. The zero-order chi connectivity index (χ0) is 22.7. The molecule has 1 atom stereocenters. The summed E-state index contributed by atoms with van der Waals surface area (Å²) in [6.07, 6.45) is 8.42. The second-order valence-corrected chi connectivity index (χ2v) is 11.2. The quantitative estimate of drug-likeness (QED) is 0.641. The molecule has 1 heterocycles. The van der Waals surface area contributed by atoms with E-state index in [1.807, 2.05) is 6.92 Å². The fraction of sp³-hybridized carbons (Fsp3) is 0.480. The number of aryl methyl sites for hydroxylation is 2. The average molecular weight is 475 g/mol. The Morgan fingerprint density at radius 1 is 0.938 bits per heavy atom. The molecule has 1 aliphatic carbocycles. The summed E-state index contributed by atoms with van der Waals surface area (Å²) in [5.41, 5.74) is 3.99. The maximum Gasteiger partial charge on any atom is 0.253 e. The minimum absolute atomic E-state index is 0.121. The molecule has 172 valence electrons. The first-order valence-corrected chi connectivity index (χ1v) is 13.4. The van der Waals surface area contributed by atoms with Crippen molar-refractivity contribution in [2.24, 2.45) is 0 Å². The summed E-state index contributed by atoms with van der Waals surface area (Å²) in [5, 5.41) is 3.24. The van der Waals surface area contributed by atoms with Gasteiger partial charge in [-0.25, -0.2) is 8.42 Å². The second-order valence-electron chi connectivity index (χ2n) is 8.89. The van der Waals surface area contributed by atoms with Gasteiger partial charge in [0.05, 0.1) is 21.5 Å². The van der Waals surface area contributed by atoms with E-state index in [1.54, 1.807) is 0 Å². The van der Waals surface area contributed by atoms with Crippen LogP contribution in [0.2, 0.25) is 5.02 Å². The number of nitrogens with one attached hydrogen (secondary N) is 1. The van der Waals surface area contributed by atoms with Crippen LogP contribution in [-0.4, -0.2) is 31.7 Å². The van der Waals surface area contributed by atoms with E-state index in [9.17, 15) is 13.2 Å². The molecule has 1 fully saturated rings. The molecule has 7 heteroatoms. The van der Waals surface area contributed by atoms with Gasteiger partial charge in [-0.3, -0.25) is 4.79 Å².